The fourth-order valence-electron chi connectivity index (χ4n) is 3.66. The van der Waals surface area contributed by atoms with Gasteiger partial charge in [0.25, 0.3) is 5.56 Å². The molecular formula is C22H24N4O4. The molecule has 0 radical (unpaired) electrons. The number of nitrogens with zero attached hydrogens (tertiary/aromatic N) is 4. The van der Waals surface area contributed by atoms with Gasteiger partial charge in [0.2, 0.25) is 0 Å². The highest BCUT2D eigenvalue weighted by Crippen LogP contribution is 2.34. The molecule has 30 heavy (non-hydrogen) atoms. The second-order valence-electron chi connectivity index (χ2n) is 7.30. The van der Waals surface area contributed by atoms with Gasteiger partial charge in [-0.1, -0.05) is 0 Å². The normalized spacial score (nSPS) is 23.5. The van der Waals surface area contributed by atoms with Crippen LogP contribution in [0.5, 0.6) is 17.2 Å². The molecule has 2 aliphatic rings. The summed E-state index contributed by atoms with van der Waals surface area (Å²) >= 11 is 0. The molecule has 1 saturated heterocycles. The molecule has 0 saturated carbocycles. The second-order valence-corrected chi connectivity index (χ2v) is 7.30. The predicted molar refractivity (Wildman–Crippen MR) is 112 cm³/mol. The maximum atomic E-state index is 12.4. The third-order valence-electron chi connectivity index (χ3n) is 5.10. The highest BCUT2D eigenvalue weighted by Gasteiger charge is 2.24. The van der Waals surface area contributed by atoms with Crippen molar-refractivity contribution in [1.82, 2.24) is 14.6 Å². The zero-order valence-corrected chi connectivity index (χ0v) is 16.6. The molecule has 5 rings (SSSR count). The largest absolute Gasteiger partial charge is 0.490 e. The van der Waals surface area contributed by atoms with Gasteiger partial charge in [0.05, 0.1) is 6.85 Å². The van der Waals surface area contributed by atoms with Crippen LogP contribution in [0.25, 0.3) is 5.65 Å². The average Bonchev–Trinajstić information content (AvgIpc) is 2.74. The van der Waals surface area contributed by atoms with Crippen molar-refractivity contribution in [2.45, 2.75) is 32.8 Å². The number of aromatic nitrogens is 3. The topological polar surface area (TPSA) is 78.2 Å². The molecule has 1 fully saturated rings. The molecular weight excluding hydrogens is 384 g/mol. The van der Waals surface area contributed by atoms with Crippen LogP contribution in [-0.2, 0) is 0 Å². The molecule has 0 amide bonds. The van der Waals surface area contributed by atoms with Crippen LogP contribution in [0.2, 0.25) is 0 Å². The van der Waals surface area contributed by atoms with Gasteiger partial charge >= 0.3 is 0 Å². The molecule has 0 N–H and O–H groups in total. The van der Waals surface area contributed by atoms with Crippen molar-refractivity contribution in [3.8, 4) is 17.2 Å². The van der Waals surface area contributed by atoms with E-state index >= 15 is 0 Å². The van der Waals surface area contributed by atoms with Crippen LogP contribution < -0.4 is 24.7 Å². The molecule has 3 aromatic rings. The summed E-state index contributed by atoms with van der Waals surface area (Å²) in [5, 5.41) is 4.51. The number of hydrogen-bond acceptors (Lipinski definition) is 7. The van der Waals surface area contributed by atoms with Crippen LogP contribution in [0.3, 0.4) is 0 Å². The Balaban J connectivity index is 1.32. The summed E-state index contributed by atoms with van der Waals surface area (Å²) in [4.78, 5) is 18.7. The van der Waals surface area contributed by atoms with Crippen LogP contribution >= 0.6 is 0 Å². The quantitative estimate of drug-likeness (QED) is 0.653. The van der Waals surface area contributed by atoms with Gasteiger partial charge in [0, 0.05) is 43.8 Å². The van der Waals surface area contributed by atoms with Gasteiger partial charge in [-0.25, -0.2) is 4.98 Å². The van der Waals surface area contributed by atoms with Gasteiger partial charge in [-0.15, -0.1) is 5.10 Å². The fourth-order valence-corrected chi connectivity index (χ4v) is 3.66. The highest BCUT2D eigenvalue weighted by atomic mass is 16.6. The third kappa shape index (κ3) is 3.53. The maximum Gasteiger partial charge on any atom is 0.274 e. The van der Waals surface area contributed by atoms with E-state index in [1.165, 1.54) is 28.8 Å². The number of anilines is 1. The van der Waals surface area contributed by atoms with E-state index in [0.29, 0.717) is 48.8 Å². The monoisotopic (exact) mass is 413 g/mol. The first-order chi connectivity index (χ1) is 16.4. The maximum absolute atomic E-state index is 12.4. The van der Waals surface area contributed by atoms with Crippen molar-refractivity contribution < 1.29 is 21.1 Å². The molecule has 8 heteroatoms. The summed E-state index contributed by atoms with van der Waals surface area (Å²) in [6.45, 7) is -0.691. The molecule has 1 aromatic carbocycles. The zero-order chi connectivity index (χ0) is 25.2. The molecule has 0 bridgehead atoms. The van der Waals surface area contributed by atoms with Gasteiger partial charge < -0.3 is 19.1 Å². The van der Waals surface area contributed by atoms with Gasteiger partial charge in [-0.05, 0) is 37.6 Å². The van der Waals surface area contributed by atoms with Crippen molar-refractivity contribution in [2.24, 2.45) is 0 Å². The van der Waals surface area contributed by atoms with Crippen LogP contribution in [0.1, 0.15) is 31.0 Å². The predicted octanol–water partition coefficient (Wildman–Crippen LogP) is 2.53. The number of rotatable bonds is 3. The van der Waals surface area contributed by atoms with Crippen molar-refractivity contribution in [3.05, 3.63) is 51.9 Å². The van der Waals surface area contributed by atoms with E-state index in [1.54, 1.807) is 6.92 Å². The first-order valence-corrected chi connectivity index (χ1v) is 9.70. The molecule has 0 aliphatic carbocycles. The summed E-state index contributed by atoms with van der Waals surface area (Å²) in [7, 11) is 0. The fraction of sp³-hybridized carbons (Fsp3) is 0.409. The Hall–Kier alpha value is -3.29. The van der Waals surface area contributed by atoms with Crippen LogP contribution in [0.15, 0.2) is 35.1 Å². The lowest BCUT2D eigenvalue weighted by molar-refractivity contribution is 0.159. The van der Waals surface area contributed by atoms with Crippen LogP contribution in [-0.4, -0.2) is 46.9 Å². The first kappa shape index (κ1) is 13.8. The minimum Gasteiger partial charge on any atom is -0.490 e. The molecule has 0 unspecified atom stereocenters. The van der Waals surface area contributed by atoms with E-state index in [4.69, 9.17) is 21.1 Å². The Morgan fingerprint density at radius 3 is 2.70 bits per heavy atom. The summed E-state index contributed by atoms with van der Waals surface area (Å²) in [5.41, 5.74) is 1.75. The summed E-state index contributed by atoms with van der Waals surface area (Å²) in [5.74, 6) is 1.02. The number of benzene rings is 1. The van der Waals surface area contributed by atoms with E-state index in [-0.39, 0.29) is 17.1 Å². The van der Waals surface area contributed by atoms with E-state index in [0.717, 1.165) is 5.56 Å². The summed E-state index contributed by atoms with van der Waals surface area (Å²) in [6.07, 6.45) is -0.538. The van der Waals surface area contributed by atoms with Crippen molar-refractivity contribution in [1.29, 1.82) is 0 Å². The molecule has 2 aromatic heterocycles. The minimum absolute atomic E-state index is 0.00828. The van der Waals surface area contributed by atoms with Crippen LogP contribution in [0, 0.1) is 13.8 Å². The Morgan fingerprint density at radius 1 is 1.13 bits per heavy atom. The SMILES string of the molecule is [2H]C1(Oc2ccc3c(c2)OC([2H])([2H])C([2H])([2H])O3)CCN(c2nn3c(=O)cc(C)nc3cc2C)CC1. The van der Waals surface area contributed by atoms with Gasteiger partial charge in [-0.3, -0.25) is 4.79 Å². The van der Waals surface area contributed by atoms with Crippen LogP contribution in [0.4, 0.5) is 5.82 Å². The van der Waals surface area contributed by atoms with Gasteiger partial charge in [-0.2, -0.15) is 4.52 Å². The number of ether oxygens (including phenoxy) is 3. The Labute approximate surface area is 181 Å². The lowest BCUT2D eigenvalue weighted by Gasteiger charge is -2.33. The molecule has 0 spiro atoms. The molecule has 4 heterocycles. The standard InChI is InChI=1S/C22H24N4O4/c1-14-11-20-23-15(2)12-21(27)26(20)24-22(14)25-7-5-16(6-8-25)30-17-3-4-18-19(13-17)29-10-9-28-18/h3-4,11-13,16H,5-10H2,1-2H3/i9D2,10D2,16D. The van der Waals surface area contributed by atoms with Crippen molar-refractivity contribution in [2.75, 3.05) is 31.1 Å². The minimum atomic E-state index is -2.68. The Kier molecular flexibility index (Phi) is 3.47. The number of aryl methyl sites for hydroxylation is 2. The van der Waals surface area contributed by atoms with E-state index < -0.39 is 19.2 Å². The Morgan fingerprint density at radius 2 is 1.90 bits per heavy atom. The number of hydrogen-bond donors (Lipinski definition) is 0. The number of piperidine rings is 1. The van der Waals surface area contributed by atoms with Crippen molar-refractivity contribution in [3.63, 3.8) is 0 Å². The highest BCUT2D eigenvalue weighted by molar-refractivity contribution is 5.53. The molecule has 2 aliphatic heterocycles. The molecule has 0 atom stereocenters. The van der Waals surface area contributed by atoms with E-state index in [9.17, 15) is 4.79 Å². The first-order valence-electron chi connectivity index (χ1n) is 12.2. The lowest BCUT2D eigenvalue weighted by Crippen LogP contribution is -2.39. The van der Waals surface area contributed by atoms with E-state index in [2.05, 4.69) is 10.1 Å². The second kappa shape index (κ2) is 7.51. The zero-order valence-electron chi connectivity index (χ0n) is 21.6. The summed E-state index contributed by atoms with van der Waals surface area (Å²) < 4.78 is 57.2. The summed E-state index contributed by atoms with van der Waals surface area (Å²) in [6, 6.07) is 7.64. The van der Waals surface area contributed by atoms with E-state index in [1.807, 2.05) is 17.9 Å². The molecule has 8 nitrogen and oxygen atoms in total. The molecule has 156 valence electrons. The Bertz CT molecular complexity index is 1370. The van der Waals surface area contributed by atoms with Gasteiger partial charge in [0.15, 0.2) is 23.0 Å². The van der Waals surface area contributed by atoms with Gasteiger partial charge in [0.1, 0.15) is 24.9 Å². The average molecular weight is 413 g/mol. The lowest BCUT2D eigenvalue weighted by atomic mass is 10.1. The van der Waals surface area contributed by atoms with Crippen molar-refractivity contribution >= 4 is 11.5 Å². The smallest absolute Gasteiger partial charge is 0.274 e. The number of fused-ring (bicyclic) bond motifs is 2. The third-order valence-corrected chi connectivity index (χ3v) is 5.10.